The van der Waals surface area contributed by atoms with Crippen LogP contribution in [0.2, 0.25) is 0 Å². The number of nitro groups is 1. The number of likely N-dealkylation sites (N-methyl/N-ethyl adjacent to an activating group) is 1. The van der Waals surface area contributed by atoms with Crippen molar-refractivity contribution < 1.29 is 19.2 Å². The molecule has 20 heavy (non-hydrogen) atoms. The Labute approximate surface area is 115 Å². The fourth-order valence-corrected chi connectivity index (χ4v) is 1.67. The molecule has 110 valence electrons. The molecule has 0 radical (unpaired) electrons. The summed E-state index contributed by atoms with van der Waals surface area (Å²) in [5.41, 5.74) is -0.791. The number of nitro benzene ring substituents is 1. The molecule has 1 aromatic carbocycles. The SMILES string of the molecule is CCNc1cc(C(=O)N(C)CCO)c([N+](=O)[O-])cc1F. The maximum atomic E-state index is 13.7. The van der Waals surface area contributed by atoms with Crippen molar-refractivity contribution in [2.75, 3.05) is 32.1 Å². The van der Waals surface area contributed by atoms with Crippen LogP contribution in [-0.2, 0) is 0 Å². The number of hydrogen-bond donors (Lipinski definition) is 2. The van der Waals surface area contributed by atoms with Gasteiger partial charge in [-0.2, -0.15) is 0 Å². The standard InChI is InChI=1S/C12H16FN3O4/c1-3-14-10-6-8(12(18)15(2)4-5-17)11(16(19)20)7-9(10)13/h6-7,14,17H,3-5H2,1-2H3. The molecule has 0 aliphatic heterocycles. The van der Waals surface area contributed by atoms with E-state index < -0.39 is 22.3 Å². The van der Waals surface area contributed by atoms with Gasteiger partial charge in [0.1, 0.15) is 5.56 Å². The number of aliphatic hydroxyl groups is 1. The van der Waals surface area contributed by atoms with Crippen LogP contribution in [0.3, 0.4) is 0 Å². The first-order chi connectivity index (χ1) is 9.42. The number of carbonyl (C=O) groups is 1. The van der Waals surface area contributed by atoms with Gasteiger partial charge in [-0.1, -0.05) is 0 Å². The minimum absolute atomic E-state index is 0.0267. The minimum atomic E-state index is -0.807. The number of anilines is 1. The van der Waals surface area contributed by atoms with Crippen LogP contribution in [0.4, 0.5) is 15.8 Å². The second-order valence-corrected chi connectivity index (χ2v) is 4.09. The van der Waals surface area contributed by atoms with E-state index >= 15 is 0 Å². The van der Waals surface area contributed by atoms with Crippen molar-refractivity contribution in [3.63, 3.8) is 0 Å². The van der Waals surface area contributed by atoms with Crippen molar-refractivity contribution in [2.45, 2.75) is 6.92 Å². The molecule has 1 rings (SSSR count). The monoisotopic (exact) mass is 285 g/mol. The number of rotatable bonds is 6. The largest absolute Gasteiger partial charge is 0.395 e. The molecule has 0 aromatic heterocycles. The predicted molar refractivity (Wildman–Crippen MR) is 71.3 cm³/mol. The van der Waals surface area contributed by atoms with Crippen LogP contribution < -0.4 is 5.32 Å². The molecule has 0 aliphatic rings. The quantitative estimate of drug-likeness (QED) is 0.605. The van der Waals surface area contributed by atoms with Crippen LogP contribution in [0.1, 0.15) is 17.3 Å². The Morgan fingerprint density at radius 2 is 2.20 bits per heavy atom. The van der Waals surface area contributed by atoms with E-state index in [1.54, 1.807) is 6.92 Å². The van der Waals surface area contributed by atoms with Crippen molar-refractivity contribution in [3.05, 3.63) is 33.6 Å². The van der Waals surface area contributed by atoms with Crippen LogP contribution in [0, 0.1) is 15.9 Å². The van der Waals surface area contributed by atoms with Crippen molar-refractivity contribution in [3.8, 4) is 0 Å². The number of carbonyl (C=O) groups excluding carboxylic acids is 1. The average Bonchev–Trinajstić information content (AvgIpc) is 2.40. The first-order valence-electron chi connectivity index (χ1n) is 6.00. The minimum Gasteiger partial charge on any atom is -0.395 e. The second-order valence-electron chi connectivity index (χ2n) is 4.09. The molecular weight excluding hydrogens is 269 g/mol. The van der Waals surface area contributed by atoms with Crippen molar-refractivity contribution in [2.24, 2.45) is 0 Å². The highest BCUT2D eigenvalue weighted by molar-refractivity contribution is 5.99. The second kappa shape index (κ2) is 6.80. The summed E-state index contributed by atoms with van der Waals surface area (Å²) in [6.45, 7) is 1.91. The summed E-state index contributed by atoms with van der Waals surface area (Å²) in [4.78, 5) is 23.3. The van der Waals surface area contributed by atoms with E-state index in [4.69, 9.17) is 5.11 Å². The molecule has 8 heteroatoms. The van der Waals surface area contributed by atoms with E-state index in [1.807, 2.05) is 0 Å². The number of hydrogen-bond acceptors (Lipinski definition) is 5. The van der Waals surface area contributed by atoms with Gasteiger partial charge in [-0.25, -0.2) is 4.39 Å². The third-order valence-electron chi connectivity index (χ3n) is 2.66. The Balaban J connectivity index is 3.30. The fraction of sp³-hybridized carbons (Fsp3) is 0.417. The number of aliphatic hydroxyl groups excluding tert-OH is 1. The van der Waals surface area contributed by atoms with Gasteiger partial charge < -0.3 is 15.3 Å². The molecular formula is C12H16FN3O4. The summed E-state index contributed by atoms with van der Waals surface area (Å²) in [6, 6.07) is 1.84. The van der Waals surface area contributed by atoms with Gasteiger partial charge in [0.25, 0.3) is 11.6 Å². The van der Waals surface area contributed by atoms with Gasteiger partial charge in [0, 0.05) is 20.1 Å². The lowest BCUT2D eigenvalue weighted by molar-refractivity contribution is -0.385. The molecule has 0 saturated carbocycles. The smallest absolute Gasteiger partial charge is 0.285 e. The Hall–Kier alpha value is -2.22. The molecule has 0 aliphatic carbocycles. The summed E-state index contributed by atoms with van der Waals surface area (Å²) < 4.78 is 13.7. The summed E-state index contributed by atoms with van der Waals surface area (Å²) in [6.07, 6.45) is 0. The van der Waals surface area contributed by atoms with Crippen LogP contribution >= 0.6 is 0 Å². The molecule has 0 heterocycles. The van der Waals surface area contributed by atoms with Crippen LogP contribution in [0.5, 0.6) is 0 Å². The zero-order valence-corrected chi connectivity index (χ0v) is 11.2. The zero-order chi connectivity index (χ0) is 15.3. The van der Waals surface area contributed by atoms with Crippen molar-refractivity contribution >= 4 is 17.3 Å². The molecule has 0 spiro atoms. The maximum Gasteiger partial charge on any atom is 0.285 e. The molecule has 1 aromatic rings. The van der Waals surface area contributed by atoms with Crippen LogP contribution in [-0.4, -0.2) is 47.6 Å². The first kappa shape index (κ1) is 15.8. The van der Waals surface area contributed by atoms with Crippen LogP contribution in [0.15, 0.2) is 12.1 Å². The molecule has 0 fully saturated rings. The maximum absolute atomic E-state index is 13.7. The highest BCUT2D eigenvalue weighted by Crippen LogP contribution is 2.27. The number of benzene rings is 1. The van der Waals surface area contributed by atoms with E-state index in [1.165, 1.54) is 7.05 Å². The molecule has 0 atom stereocenters. The number of amides is 1. The lowest BCUT2D eigenvalue weighted by Crippen LogP contribution is -2.30. The average molecular weight is 285 g/mol. The summed E-state index contributed by atoms with van der Waals surface area (Å²) in [7, 11) is 1.40. The summed E-state index contributed by atoms with van der Waals surface area (Å²) in [5, 5.41) is 22.4. The normalized spacial score (nSPS) is 10.2. The van der Waals surface area contributed by atoms with Crippen LogP contribution in [0.25, 0.3) is 0 Å². The Morgan fingerprint density at radius 1 is 1.55 bits per heavy atom. The summed E-state index contributed by atoms with van der Waals surface area (Å²) >= 11 is 0. The van der Waals surface area contributed by atoms with E-state index in [9.17, 15) is 19.3 Å². The Kier molecular flexibility index (Phi) is 5.39. The van der Waals surface area contributed by atoms with E-state index in [2.05, 4.69) is 5.32 Å². The van der Waals surface area contributed by atoms with E-state index in [0.717, 1.165) is 17.0 Å². The van der Waals surface area contributed by atoms with Gasteiger partial charge in [-0.3, -0.25) is 14.9 Å². The topological polar surface area (TPSA) is 95.7 Å². The van der Waals surface area contributed by atoms with E-state index in [0.29, 0.717) is 6.54 Å². The van der Waals surface area contributed by atoms with E-state index in [-0.39, 0.29) is 24.4 Å². The summed E-state index contributed by atoms with van der Waals surface area (Å²) in [5.74, 6) is -1.44. The van der Waals surface area contributed by atoms with Gasteiger partial charge in [-0.05, 0) is 13.0 Å². The van der Waals surface area contributed by atoms with Crippen molar-refractivity contribution in [1.29, 1.82) is 0 Å². The van der Waals surface area contributed by atoms with Crippen molar-refractivity contribution in [1.82, 2.24) is 4.90 Å². The highest BCUT2D eigenvalue weighted by atomic mass is 19.1. The lowest BCUT2D eigenvalue weighted by atomic mass is 10.1. The number of nitrogens with zero attached hydrogens (tertiary/aromatic N) is 2. The molecule has 7 nitrogen and oxygen atoms in total. The Morgan fingerprint density at radius 3 is 2.70 bits per heavy atom. The van der Waals surface area contributed by atoms with Gasteiger partial charge in [0.2, 0.25) is 0 Å². The molecule has 0 unspecified atom stereocenters. The molecule has 0 bridgehead atoms. The molecule has 2 N–H and O–H groups in total. The third-order valence-corrected chi connectivity index (χ3v) is 2.66. The Bertz CT molecular complexity index is 522. The van der Waals surface area contributed by atoms with Gasteiger partial charge in [0.05, 0.1) is 23.3 Å². The molecule has 1 amide bonds. The third kappa shape index (κ3) is 3.41. The predicted octanol–water partition coefficient (Wildman–Crippen LogP) is 1.23. The first-order valence-corrected chi connectivity index (χ1v) is 6.00. The van der Waals surface area contributed by atoms with Gasteiger partial charge >= 0.3 is 0 Å². The number of nitrogens with one attached hydrogen (secondary N) is 1. The highest BCUT2D eigenvalue weighted by Gasteiger charge is 2.25. The fourth-order valence-electron chi connectivity index (χ4n) is 1.67. The zero-order valence-electron chi connectivity index (χ0n) is 11.2. The van der Waals surface area contributed by atoms with Gasteiger partial charge in [-0.15, -0.1) is 0 Å². The number of halogens is 1. The molecule has 0 saturated heterocycles. The lowest BCUT2D eigenvalue weighted by Gasteiger charge is -2.16. The van der Waals surface area contributed by atoms with Gasteiger partial charge in [0.15, 0.2) is 5.82 Å².